The van der Waals surface area contributed by atoms with Gasteiger partial charge >= 0.3 is 0 Å². The Bertz CT molecular complexity index is 393. The molecule has 0 aliphatic carbocycles. The predicted octanol–water partition coefficient (Wildman–Crippen LogP) is 2.33. The van der Waals surface area contributed by atoms with Crippen LogP contribution in [0.3, 0.4) is 0 Å². The molecule has 0 aliphatic heterocycles. The quantitative estimate of drug-likeness (QED) is 0.813. The topological polar surface area (TPSA) is 73.1 Å². The van der Waals surface area contributed by atoms with Gasteiger partial charge in [0.1, 0.15) is 17.5 Å². The smallest absolute Gasteiger partial charge is 0.135 e. The summed E-state index contributed by atoms with van der Waals surface area (Å²) < 4.78 is 5.38. The molecule has 1 unspecified atom stereocenters. The fourth-order valence-electron chi connectivity index (χ4n) is 1.52. The summed E-state index contributed by atoms with van der Waals surface area (Å²) in [7, 11) is 0. The van der Waals surface area contributed by atoms with Crippen molar-refractivity contribution < 1.29 is 4.74 Å². The van der Waals surface area contributed by atoms with Crippen molar-refractivity contribution in [3.8, 4) is 0 Å². The summed E-state index contributed by atoms with van der Waals surface area (Å²) >= 11 is 0. The van der Waals surface area contributed by atoms with E-state index in [0.717, 1.165) is 17.2 Å². The van der Waals surface area contributed by atoms with Gasteiger partial charge in [-0.05, 0) is 20.8 Å². The molecule has 0 aromatic carbocycles. The summed E-state index contributed by atoms with van der Waals surface area (Å²) in [5, 5.41) is 3.32. The summed E-state index contributed by atoms with van der Waals surface area (Å²) in [6, 6.07) is 0.193. The second-order valence-electron chi connectivity index (χ2n) is 4.80. The van der Waals surface area contributed by atoms with Crippen LogP contribution in [0.1, 0.15) is 45.0 Å². The molecule has 18 heavy (non-hydrogen) atoms. The Morgan fingerprint density at radius 2 is 1.94 bits per heavy atom. The van der Waals surface area contributed by atoms with Gasteiger partial charge < -0.3 is 15.8 Å². The fourth-order valence-corrected chi connectivity index (χ4v) is 1.52. The van der Waals surface area contributed by atoms with E-state index in [9.17, 15) is 0 Å². The van der Waals surface area contributed by atoms with Crippen molar-refractivity contribution in [2.45, 2.75) is 46.6 Å². The number of anilines is 2. The Morgan fingerprint density at radius 3 is 2.50 bits per heavy atom. The van der Waals surface area contributed by atoms with Crippen LogP contribution in [0, 0.1) is 6.92 Å². The number of nitrogens with zero attached hydrogens (tertiary/aromatic N) is 2. The lowest BCUT2D eigenvalue weighted by Crippen LogP contribution is -2.24. The number of ether oxygens (including phenoxy) is 1. The van der Waals surface area contributed by atoms with Gasteiger partial charge in [-0.2, -0.15) is 0 Å². The molecule has 5 heteroatoms. The molecule has 3 N–H and O–H groups in total. The van der Waals surface area contributed by atoms with E-state index in [-0.39, 0.29) is 12.0 Å². The fraction of sp³-hybridized carbons (Fsp3) is 0.692. The predicted molar refractivity (Wildman–Crippen MR) is 74.8 cm³/mol. The van der Waals surface area contributed by atoms with Crippen molar-refractivity contribution in [3.63, 3.8) is 0 Å². The molecule has 0 saturated heterocycles. The van der Waals surface area contributed by atoms with E-state index in [2.05, 4.69) is 36.1 Å². The standard InChI is InChI=1S/C13H24N4O/c1-6-18-7-9(4)15-13-10(5)11(14)16-12(17-13)8(2)3/h8-9H,6-7H2,1-5H3,(H3,14,15,16,17). The zero-order valence-electron chi connectivity index (χ0n) is 11.9. The van der Waals surface area contributed by atoms with Crippen molar-refractivity contribution in [2.24, 2.45) is 0 Å². The third-order valence-corrected chi connectivity index (χ3v) is 2.67. The van der Waals surface area contributed by atoms with E-state index in [1.807, 2.05) is 13.8 Å². The van der Waals surface area contributed by atoms with Gasteiger partial charge in [0.2, 0.25) is 0 Å². The van der Waals surface area contributed by atoms with Crippen LogP contribution in [0.25, 0.3) is 0 Å². The van der Waals surface area contributed by atoms with E-state index < -0.39 is 0 Å². The van der Waals surface area contributed by atoms with Gasteiger partial charge in [-0.15, -0.1) is 0 Å². The minimum atomic E-state index is 0.193. The van der Waals surface area contributed by atoms with Gasteiger partial charge in [0.25, 0.3) is 0 Å². The third kappa shape index (κ3) is 3.84. The van der Waals surface area contributed by atoms with E-state index in [1.165, 1.54) is 0 Å². The number of rotatable bonds is 6. The Morgan fingerprint density at radius 1 is 1.28 bits per heavy atom. The van der Waals surface area contributed by atoms with Crippen molar-refractivity contribution in [2.75, 3.05) is 24.3 Å². The van der Waals surface area contributed by atoms with Crippen molar-refractivity contribution >= 4 is 11.6 Å². The maximum absolute atomic E-state index is 5.91. The lowest BCUT2D eigenvalue weighted by molar-refractivity contribution is 0.141. The lowest BCUT2D eigenvalue weighted by atomic mass is 10.2. The van der Waals surface area contributed by atoms with Crippen LogP contribution >= 0.6 is 0 Å². The Balaban J connectivity index is 2.86. The Kier molecular flexibility index (Phi) is 5.34. The van der Waals surface area contributed by atoms with Crippen LogP contribution in [0.5, 0.6) is 0 Å². The largest absolute Gasteiger partial charge is 0.383 e. The zero-order chi connectivity index (χ0) is 13.7. The molecule has 1 heterocycles. The molecule has 0 saturated carbocycles. The van der Waals surface area contributed by atoms with Gasteiger partial charge in [0, 0.05) is 24.1 Å². The van der Waals surface area contributed by atoms with Crippen molar-refractivity contribution in [1.82, 2.24) is 9.97 Å². The normalized spacial score (nSPS) is 12.8. The van der Waals surface area contributed by atoms with Crippen LogP contribution in [0.15, 0.2) is 0 Å². The summed E-state index contributed by atoms with van der Waals surface area (Å²) in [5.74, 6) is 2.37. The minimum absolute atomic E-state index is 0.193. The van der Waals surface area contributed by atoms with Crippen LogP contribution in [0.2, 0.25) is 0 Å². The van der Waals surface area contributed by atoms with Gasteiger partial charge in [-0.3, -0.25) is 0 Å². The van der Waals surface area contributed by atoms with Crippen LogP contribution < -0.4 is 11.1 Å². The van der Waals surface area contributed by atoms with Crippen LogP contribution in [0.4, 0.5) is 11.6 Å². The first-order chi connectivity index (χ1) is 8.45. The third-order valence-electron chi connectivity index (χ3n) is 2.67. The van der Waals surface area contributed by atoms with Crippen LogP contribution in [-0.2, 0) is 4.74 Å². The van der Waals surface area contributed by atoms with Gasteiger partial charge in [0.05, 0.1) is 6.61 Å². The van der Waals surface area contributed by atoms with E-state index in [4.69, 9.17) is 10.5 Å². The average molecular weight is 252 g/mol. The van der Waals surface area contributed by atoms with Gasteiger partial charge in [-0.1, -0.05) is 13.8 Å². The van der Waals surface area contributed by atoms with Crippen molar-refractivity contribution in [3.05, 3.63) is 11.4 Å². The number of hydrogen-bond donors (Lipinski definition) is 2. The lowest BCUT2D eigenvalue weighted by Gasteiger charge is -2.18. The highest BCUT2D eigenvalue weighted by atomic mass is 16.5. The highest BCUT2D eigenvalue weighted by Crippen LogP contribution is 2.21. The van der Waals surface area contributed by atoms with Gasteiger partial charge in [-0.25, -0.2) is 9.97 Å². The molecule has 1 aromatic heterocycles. The molecule has 1 aromatic rings. The molecule has 1 atom stereocenters. The first-order valence-electron chi connectivity index (χ1n) is 6.44. The zero-order valence-corrected chi connectivity index (χ0v) is 11.9. The highest BCUT2D eigenvalue weighted by molar-refractivity contribution is 5.55. The molecule has 0 radical (unpaired) electrons. The van der Waals surface area contributed by atoms with Crippen molar-refractivity contribution in [1.29, 1.82) is 0 Å². The first-order valence-corrected chi connectivity index (χ1v) is 6.44. The SMILES string of the molecule is CCOCC(C)Nc1nc(C(C)C)nc(N)c1C. The highest BCUT2D eigenvalue weighted by Gasteiger charge is 2.12. The molecule has 0 fully saturated rings. The molecule has 0 bridgehead atoms. The molecule has 1 rings (SSSR count). The second kappa shape index (κ2) is 6.54. The summed E-state index contributed by atoms with van der Waals surface area (Å²) in [5.41, 5.74) is 6.80. The number of nitrogens with two attached hydrogens (primary N) is 1. The Labute approximate surface area is 109 Å². The molecule has 0 amide bonds. The van der Waals surface area contributed by atoms with Gasteiger partial charge in [0.15, 0.2) is 0 Å². The number of nitrogen functional groups attached to an aromatic ring is 1. The number of nitrogens with one attached hydrogen (secondary N) is 1. The van der Waals surface area contributed by atoms with E-state index in [1.54, 1.807) is 0 Å². The molecule has 5 nitrogen and oxygen atoms in total. The van der Waals surface area contributed by atoms with E-state index in [0.29, 0.717) is 19.0 Å². The minimum Gasteiger partial charge on any atom is -0.383 e. The maximum Gasteiger partial charge on any atom is 0.135 e. The van der Waals surface area contributed by atoms with Crippen LogP contribution in [-0.4, -0.2) is 29.2 Å². The first kappa shape index (κ1) is 14.7. The summed E-state index contributed by atoms with van der Waals surface area (Å²) in [6.45, 7) is 11.4. The Hall–Kier alpha value is -1.36. The summed E-state index contributed by atoms with van der Waals surface area (Å²) in [4.78, 5) is 8.82. The number of hydrogen-bond acceptors (Lipinski definition) is 5. The average Bonchev–Trinajstić information content (AvgIpc) is 2.31. The maximum atomic E-state index is 5.91. The second-order valence-corrected chi connectivity index (χ2v) is 4.80. The molecule has 0 spiro atoms. The number of aromatic nitrogens is 2. The van der Waals surface area contributed by atoms with E-state index >= 15 is 0 Å². The molecule has 0 aliphatic rings. The molecule has 102 valence electrons. The molecular weight excluding hydrogens is 228 g/mol. The summed E-state index contributed by atoms with van der Waals surface area (Å²) in [6.07, 6.45) is 0. The monoisotopic (exact) mass is 252 g/mol. The molecular formula is C13H24N4O.